The average Bonchev–Trinajstić information content (AvgIpc) is 2.69. The maximum Gasteiger partial charge on any atom is 0.460 e. The van der Waals surface area contributed by atoms with E-state index in [0.717, 1.165) is 0 Å². The summed E-state index contributed by atoms with van der Waals surface area (Å²) in [5.41, 5.74) is 0.465. The van der Waals surface area contributed by atoms with E-state index >= 15 is 0 Å². The second kappa shape index (κ2) is 9.00. The van der Waals surface area contributed by atoms with Crippen molar-refractivity contribution in [2.24, 2.45) is 0 Å². The number of rotatable bonds is 10. The van der Waals surface area contributed by atoms with Crippen LogP contribution in [0.5, 0.6) is 0 Å². The summed E-state index contributed by atoms with van der Waals surface area (Å²) in [6.07, 6.45) is -11.3. The number of hydrogen-bond acceptors (Lipinski definition) is 2. The first kappa shape index (κ1) is 28.5. The van der Waals surface area contributed by atoms with Gasteiger partial charge in [0.15, 0.2) is 0 Å². The fourth-order valence-corrected chi connectivity index (χ4v) is 2.23. The number of nitrogens with one attached hydrogen (secondary N) is 1. The standard InChI is InChI=1S/C17H12F13NO2/c18-12(19,6-5-11(33)31-7-9-1-3-10(8-32)4-2-9)13(20,21)14(22,23)15(24,25)16(26,27)17(28,29)30/h1-4,8H,5-7H2,(H,31,33). The van der Waals surface area contributed by atoms with Gasteiger partial charge in [0.25, 0.3) is 0 Å². The fraction of sp³-hybridized carbons (Fsp3) is 0.529. The summed E-state index contributed by atoms with van der Waals surface area (Å²) in [5.74, 6) is -38.9. The summed E-state index contributed by atoms with van der Waals surface area (Å²) < 4.78 is 169. The van der Waals surface area contributed by atoms with Crippen LogP contribution in [0.1, 0.15) is 28.8 Å². The van der Waals surface area contributed by atoms with E-state index in [0.29, 0.717) is 6.29 Å². The minimum Gasteiger partial charge on any atom is -0.352 e. The summed E-state index contributed by atoms with van der Waals surface area (Å²) in [5, 5.41) is 1.86. The Morgan fingerprint density at radius 2 is 1.18 bits per heavy atom. The fourth-order valence-electron chi connectivity index (χ4n) is 2.23. The van der Waals surface area contributed by atoms with E-state index in [1.807, 2.05) is 5.32 Å². The van der Waals surface area contributed by atoms with Crippen molar-refractivity contribution in [1.82, 2.24) is 5.32 Å². The molecular formula is C17H12F13NO2. The Balaban J connectivity index is 2.95. The molecule has 0 aliphatic rings. The van der Waals surface area contributed by atoms with Crippen molar-refractivity contribution in [2.45, 2.75) is 55.2 Å². The molecule has 0 fully saturated rings. The third-order valence-electron chi connectivity index (χ3n) is 4.27. The lowest BCUT2D eigenvalue weighted by Crippen LogP contribution is -2.70. The van der Waals surface area contributed by atoms with Crippen molar-refractivity contribution >= 4 is 12.2 Å². The van der Waals surface area contributed by atoms with Gasteiger partial charge >= 0.3 is 35.8 Å². The van der Waals surface area contributed by atoms with E-state index in [9.17, 15) is 66.7 Å². The van der Waals surface area contributed by atoms with Crippen molar-refractivity contribution in [3.63, 3.8) is 0 Å². The zero-order chi connectivity index (χ0) is 26.1. The van der Waals surface area contributed by atoms with Gasteiger partial charge in [0.05, 0.1) is 0 Å². The van der Waals surface area contributed by atoms with Crippen LogP contribution in [0, 0.1) is 0 Å². The maximum absolute atomic E-state index is 13.6. The van der Waals surface area contributed by atoms with E-state index in [4.69, 9.17) is 0 Å². The molecule has 33 heavy (non-hydrogen) atoms. The predicted molar refractivity (Wildman–Crippen MR) is 83.7 cm³/mol. The van der Waals surface area contributed by atoms with Crippen LogP contribution < -0.4 is 5.32 Å². The SMILES string of the molecule is O=Cc1ccc(CNC(=O)CCC(F)(F)C(F)(F)C(F)(F)C(F)(F)C(F)(F)C(F)(F)F)cc1. The topological polar surface area (TPSA) is 46.2 Å². The molecule has 1 aromatic carbocycles. The third kappa shape index (κ3) is 5.18. The first-order valence-electron chi connectivity index (χ1n) is 8.42. The van der Waals surface area contributed by atoms with E-state index < -0.39 is 61.1 Å². The van der Waals surface area contributed by atoms with Gasteiger partial charge in [-0.05, 0) is 5.56 Å². The molecule has 1 rings (SSSR count). The van der Waals surface area contributed by atoms with Crippen molar-refractivity contribution in [2.75, 3.05) is 0 Å². The normalized spacial score (nSPS) is 14.2. The van der Waals surface area contributed by atoms with Gasteiger partial charge in [-0.2, -0.15) is 57.1 Å². The molecule has 1 aromatic rings. The zero-order valence-corrected chi connectivity index (χ0v) is 15.7. The molecule has 0 spiro atoms. The smallest absolute Gasteiger partial charge is 0.352 e. The molecule has 0 saturated carbocycles. The summed E-state index contributed by atoms with van der Waals surface area (Å²) in [6.45, 7) is -0.439. The second-order valence-corrected chi connectivity index (χ2v) is 6.64. The van der Waals surface area contributed by atoms with Gasteiger partial charge in [0, 0.05) is 24.9 Å². The molecule has 1 N–H and O–H groups in total. The first-order valence-corrected chi connectivity index (χ1v) is 8.42. The molecule has 0 heterocycles. The highest BCUT2D eigenvalue weighted by Crippen LogP contribution is 2.60. The molecule has 0 atom stereocenters. The van der Waals surface area contributed by atoms with Gasteiger partial charge in [-0.25, -0.2) is 0 Å². The summed E-state index contributed by atoms with van der Waals surface area (Å²) in [7, 11) is 0. The maximum atomic E-state index is 13.6. The van der Waals surface area contributed by atoms with Crippen molar-refractivity contribution in [3.8, 4) is 0 Å². The van der Waals surface area contributed by atoms with E-state index in [1.165, 1.54) is 24.3 Å². The van der Waals surface area contributed by atoms with Crippen LogP contribution in [0.15, 0.2) is 24.3 Å². The van der Waals surface area contributed by atoms with Crippen LogP contribution in [0.4, 0.5) is 57.1 Å². The molecule has 0 radical (unpaired) electrons. The number of alkyl halides is 13. The van der Waals surface area contributed by atoms with Crippen molar-refractivity contribution < 1.29 is 66.7 Å². The van der Waals surface area contributed by atoms with Gasteiger partial charge in [-0.3, -0.25) is 9.59 Å². The Morgan fingerprint density at radius 3 is 1.61 bits per heavy atom. The minimum absolute atomic E-state index is 0.209. The quantitative estimate of drug-likeness (QED) is 0.328. The summed E-state index contributed by atoms with van der Waals surface area (Å²) in [4.78, 5) is 22.0. The molecule has 0 aliphatic heterocycles. The van der Waals surface area contributed by atoms with E-state index in [-0.39, 0.29) is 11.1 Å². The van der Waals surface area contributed by atoms with Gasteiger partial charge in [-0.15, -0.1) is 0 Å². The average molecular weight is 509 g/mol. The molecule has 0 saturated heterocycles. The third-order valence-corrected chi connectivity index (χ3v) is 4.27. The molecule has 0 unspecified atom stereocenters. The number of benzene rings is 1. The van der Waals surface area contributed by atoms with Crippen LogP contribution in [0.3, 0.4) is 0 Å². The molecule has 16 heteroatoms. The Morgan fingerprint density at radius 1 is 0.727 bits per heavy atom. The number of carbonyl (C=O) groups is 2. The van der Waals surface area contributed by atoms with Crippen LogP contribution in [-0.2, 0) is 11.3 Å². The Kier molecular flexibility index (Phi) is 7.77. The highest BCUT2D eigenvalue weighted by molar-refractivity contribution is 5.76. The highest BCUT2D eigenvalue weighted by Gasteiger charge is 2.90. The highest BCUT2D eigenvalue weighted by atomic mass is 19.4. The molecule has 0 bridgehead atoms. The van der Waals surface area contributed by atoms with E-state index in [1.54, 1.807) is 0 Å². The van der Waals surface area contributed by atoms with Crippen LogP contribution in [-0.4, -0.2) is 48.0 Å². The largest absolute Gasteiger partial charge is 0.460 e. The predicted octanol–water partition coefficient (Wildman–Crippen LogP) is 5.63. The Hall–Kier alpha value is -2.55. The summed E-state index contributed by atoms with van der Waals surface area (Å²) >= 11 is 0. The lowest BCUT2D eigenvalue weighted by Gasteiger charge is -2.39. The first-order chi connectivity index (χ1) is 14.7. The lowest BCUT2D eigenvalue weighted by atomic mass is 9.92. The Bertz CT molecular complexity index is 847. The number of hydrogen-bond donors (Lipinski definition) is 1. The Labute approximate surface area is 175 Å². The molecular weight excluding hydrogens is 497 g/mol. The lowest BCUT2D eigenvalue weighted by molar-refractivity contribution is -0.440. The van der Waals surface area contributed by atoms with Gasteiger partial charge < -0.3 is 5.32 Å². The van der Waals surface area contributed by atoms with Crippen molar-refractivity contribution in [3.05, 3.63) is 35.4 Å². The van der Waals surface area contributed by atoms with Gasteiger partial charge in [0.2, 0.25) is 5.91 Å². The van der Waals surface area contributed by atoms with Crippen LogP contribution >= 0.6 is 0 Å². The minimum atomic E-state index is -7.97. The number of halogens is 13. The van der Waals surface area contributed by atoms with Gasteiger partial charge in [0.1, 0.15) is 6.29 Å². The molecule has 0 aromatic heterocycles. The number of amides is 1. The number of aldehydes is 1. The zero-order valence-electron chi connectivity index (χ0n) is 15.7. The number of carbonyl (C=O) groups excluding carboxylic acids is 2. The van der Waals surface area contributed by atoms with Crippen LogP contribution in [0.25, 0.3) is 0 Å². The summed E-state index contributed by atoms with van der Waals surface area (Å²) in [6, 6.07) is 5.08. The molecule has 3 nitrogen and oxygen atoms in total. The monoisotopic (exact) mass is 509 g/mol. The molecule has 1 amide bonds. The van der Waals surface area contributed by atoms with Crippen LogP contribution in [0.2, 0.25) is 0 Å². The van der Waals surface area contributed by atoms with E-state index in [2.05, 4.69) is 0 Å². The molecule has 188 valence electrons. The second-order valence-electron chi connectivity index (χ2n) is 6.64. The van der Waals surface area contributed by atoms with Gasteiger partial charge in [-0.1, -0.05) is 24.3 Å². The molecule has 0 aliphatic carbocycles. The van der Waals surface area contributed by atoms with Crippen molar-refractivity contribution in [1.29, 1.82) is 0 Å².